The Balaban J connectivity index is 2.03. The number of hydrogen-bond donors (Lipinski definition) is 1. The number of rotatable bonds is 5. The highest BCUT2D eigenvalue weighted by Gasteiger charge is 2.15. The van der Waals surface area contributed by atoms with Gasteiger partial charge < -0.3 is 10.2 Å². The van der Waals surface area contributed by atoms with Crippen LogP contribution in [0.5, 0.6) is 0 Å². The second kappa shape index (κ2) is 8.11. The van der Waals surface area contributed by atoms with Gasteiger partial charge in [-0.2, -0.15) is 0 Å². The summed E-state index contributed by atoms with van der Waals surface area (Å²) >= 11 is 3.42. The molecule has 0 radical (unpaired) electrons. The van der Waals surface area contributed by atoms with E-state index in [0.717, 1.165) is 27.0 Å². The van der Waals surface area contributed by atoms with Gasteiger partial charge in [-0.25, -0.2) is 0 Å². The first-order valence-corrected chi connectivity index (χ1v) is 8.57. The van der Waals surface area contributed by atoms with Crippen LogP contribution < -0.4 is 10.2 Å². The van der Waals surface area contributed by atoms with Gasteiger partial charge in [0.1, 0.15) is 0 Å². The topological polar surface area (TPSA) is 49.4 Å². The fraction of sp³-hybridized carbons (Fsp3) is 0.263. The molecule has 2 amide bonds. The van der Waals surface area contributed by atoms with Gasteiger partial charge in [-0.15, -0.1) is 0 Å². The zero-order valence-corrected chi connectivity index (χ0v) is 15.7. The van der Waals surface area contributed by atoms with Crippen LogP contribution in [0.25, 0.3) is 0 Å². The molecule has 0 fully saturated rings. The smallest absolute Gasteiger partial charge is 0.226 e. The van der Waals surface area contributed by atoms with Crippen molar-refractivity contribution in [1.29, 1.82) is 0 Å². The van der Waals surface area contributed by atoms with Crippen molar-refractivity contribution < 1.29 is 9.59 Å². The van der Waals surface area contributed by atoms with Gasteiger partial charge in [0, 0.05) is 35.7 Å². The largest absolute Gasteiger partial charge is 0.326 e. The summed E-state index contributed by atoms with van der Waals surface area (Å²) in [7, 11) is 0. The van der Waals surface area contributed by atoms with E-state index in [1.807, 2.05) is 56.3 Å². The van der Waals surface area contributed by atoms with E-state index in [0.29, 0.717) is 6.54 Å². The predicted octanol–water partition coefficient (Wildman–Crippen LogP) is 4.45. The molecule has 2 aromatic rings. The monoisotopic (exact) mass is 388 g/mol. The van der Waals surface area contributed by atoms with Gasteiger partial charge in [0.05, 0.1) is 0 Å². The number of aryl methyl sites for hydroxylation is 2. The minimum absolute atomic E-state index is 0.0798. The van der Waals surface area contributed by atoms with Crippen molar-refractivity contribution in [3.05, 3.63) is 58.1 Å². The van der Waals surface area contributed by atoms with Crippen molar-refractivity contribution in [1.82, 2.24) is 0 Å². The number of nitrogens with zero attached hydrogens (tertiary/aromatic N) is 1. The summed E-state index contributed by atoms with van der Waals surface area (Å²) in [6, 6.07) is 13.4. The first kappa shape index (κ1) is 18.2. The molecule has 0 aliphatic carbocycles. The van der Waals surface area contributed by atoms with Gasteiger partial charge in [0.15, 0.2) is 0 Å². The molecular formula is C19H21BrN2O2. The summed E-state index contributed by atoms with van der Waals surface area (Å²) in [5, 5.41) is 2.87. The number of anilines is 2. The lowest BCUT2D eigenvalue weighted by Gasteiger charge is -2.23. The molecule has 0 aliphatic heterocycles. The zero-order chi connectivity index (χ0) is 17.7. The van der Waals surface area contributed by atoms with Crippen molar-refractivity contribution in [2.45, 2.75) is 27.2 Å². The van der Waals surface area contributed by atoms with Crippen molar-refractivity contribution in [2.24, 2.45) is 0 Å². The first-order valence-electron chi connectivity index (χ1n) is 7.77. The van der Waals surface area contributed by atoms with Crippen LogP contribution in [0.4, 0.5) is 11.4 Å². The van der Waals surface area contributed by atoms with Crippen molar-refractivity contribution in [3.8, 4) is 0 Å². The summed E-state index contributed by atoms with van der Waals surface area (Å²) in [5.41, 5.74) is 3.67. The Kier molecular flexibility index (Phi) is 6.15. The van der Waals surface area contributed by atoms with Crippen molar-refractivity contribution in [3.63, 3.8) is 0 Å². The molecule has 0 saturated carbocycles. The molecule has 5 heteroatoms. The molecule has 0 saturated heterocycles. The Hall–Kier alpha value is -2.14. The Morgan fingerprint density at radius 3 is 2.50 bits per heavy atom. The van der Waals surface area contributed by atoms with Crippen LogP contribution in [0.15, 0.2) is 46.9 Å². The maximum absolute atomic E-state index is 12.2. The molecule has 0 bridgehead atoms. The number of hydrogen-bond acceptors (Lipinski definition) is 2. The minimum atomic E-state index is -0.110. The molecule has 4 nitrogen and oxygen atoms in total. The third-order valence-corrected chi connectivity index (χ3v) is 4.19. The van der Waals surface area contributed by atoms with Crippen LogP contribution in [0.2, 0.25) is 0 Å². The maximum Gasteiger partial charge on any atom is 0.226 e. The summed E-state index contributed by atoms with van der Waals surface area (Å²) in [6.07, 6.45) is 0.239. The highest BCUT2D eigenvalue weighted by atomic mass is 79.9. The fourth-order valence-corrected chi connectivity index (χ4v) is 3.00. The van der Waals surface area contributed by atoms with Crippen LogP contribution in [0.1, 0.15) is 24.5 Å². The van der Waals surface area contributed by atoms with Gasteiger partial charge in [-0.3, -0.25) is 9.59 Å². The van der Waals surface area contributed by atoms with E-state index < -0.39 is 0 Å². The zero-order valence-electron chi connectivity index (χ0n) is 14.1. The lowest BCUT2D eigenvalue weighted by Crippen LogP contribution is -2.32. The third-order valence-electron chi connectivity index (χ3n) is 3.69. The second-order valence-electron chi connectivity index (χ2n) is 5.77. The fourth-order valence-electron chi connectivity index (χ4n) is 2.53. The first-order chi connectivity index (χ1) is 11.4. The molecular weight excluding hydrogens is 368 g/mol. The molecule has 1 N–H and O–H groups in total. The van der Waals surface area contributed by atoms with E-state index in [1.165, 1.54) is 6.92 Å². The number of carbonyl (C=O) groups is 2. The van der Waals surface area contributed by atoms with E-state index >= 15 is 0 Å². The minimum Gasteiger partial charge on any atom is -0.326 e. The van der Waals surface area contributed by atoms with Crippen LogP contribution in [-0.4, -0.2) is 18.4 Å². The molecule has 0 heterocycles. The SMILES string of the molecule is CC(=O)N(CCC(=O)Nc1cccc(C)c1)c1ccc(Br)cc1C. The highest BCUT2D eigenvalue weighted by Crippen LogP contribution is 2.24. The molecule has 0 unspecified atom stereocenters. The molecule has 126 valence electrons. The standard InChI is InChI=1S/C19H21BrN2O2/c1-13-5-4-6-17(11-13)21-19(24)9-10-22(15(3)23)18-8-7-16(20)12-14(18)2/h4-8,11-12H,9-10H2,1-3H3,(H,21,24). The normalized spacial score (nSPS) is 10.3. The Morgan fingerprint density at radius 2 is 1.88 bits per heavy atom. The molecule has 0 atom stereocenters. The van der Waals surface area contributed by atoms with Gasteiger partial charge in [0.25, 0.3) is 0 Å². The van der Waals surface area contributed by atoms with Crippen LogP contribution >= 0.6 is 15.9 Å². The lowest BCUT2D eigenvalue weighted by atomic mass is 10.1. The molecule has 0 spiro atoms. The summed E-state index contributed by atoms with van der Waals surface area (Å²) in [6.45, 7) is 5.78. The van der Waals surface area contributed by atoms with E-state index in [1.54, 1.807) is 4.90 Å². The van der Waals surface area contributed by atoms with Crippen LogP contribution in [0.3, 0.4) is 0 Å². The Morgan fingerprint density at radius 1 is 1.12 bits per heavy atom. The predicted molar refractivity (Wildman–Crippen MR) is 101 cm³/mol. The number of benzene rings is 2. The average molecular weight is 389 g/mol. The molecule has 0 aliphatic rings. The van der Waals surface area contributed by atoms with Crippen LogP contribution in [0, 0.1) is 13.8 Å². The van der Waals surface area contributed by atoms with E-state index in [2.05, 4.69) is 21.2 Å². The Bertz CT molecular complexity index is 759. The van der Waals surface area contributed by atoms with Crippen LogP contribution in [-0.2, 0) is 9.59 Å². The summed E-state index contributed by atoms with van der Waals surface area (Å²) in [4.78, 5) is 25.8. The van der Waals surface area contributed by atoms with Gasteiger partial charge in [-0.1, -0.05) is 28.1 Å². The number of amides is 2. The summed E-state index contributed by atoms with van der Waals surface area (Å²) < 4.78 is 0.962. The molecule has 2 rings (SSSR count). The molecule has 24 heavy (non-hydrogen) atoms. The molecule has 0 aromatic heterocycles. The second-order valence-corrected chi connectivity index (χ2v) is 6.68. The number of carbonyl (C=O) groups excluding carboxylic acids is 2. The number of halogens is 1. The molecule has 2 aromatic carbocycles. The maximum atomic E-state index is 12.2. The third kappa shape index (κ3) is 4.93. The summed E-state index contributed by atoms with van der Waals surface area (Å²) in [5.74, 6) is -0.189. The van der Waals surface area contributed by atoms with Gasteiger partial charge >= 0.3 is 0 Å². The van der Waals surface area contributed by atoms with Crippen molar-refractivity contribution in [2.75, 3.05) is 16.8 Å². The quantitative estimate of drug-likeness (QED) is 0.822. The lowest BCUT2D eigenvalue weighted by molar-refractivity contribution is -0.117. The van der Waals surface area contributed by atoms with E-state index in [9.17, 15) is 9.59 Å². The number of nitrogens with one attached hydrogen (secondary N) is 1. The highest BCUT2D eigenvalue weighted by molar-refractivity contribution is 9.10. The Labute approximate surface area is 151 Å². The average Bonchev–Trinajstić information content (AvgIpc) is 2.49. The van der Waals surface area contributed by atoms with Crippen molar-refractivity contribution >= 4 is 39.1 Å². The van der Waals surface area contributed by atoms with Gasteiger partial charge in [0.2, 0.25) is 11.8 Å². The van der Waals surface area contributed by atoms with E-state index in [4.69, 9.17) is 0 Å². The van der Waals surface area contributed by atoms with E-state index in [-0.39, 0.29) is 18.2 Å². The van der Waals surface area contributed by atoms with Gasteiger partial charge in [-0.05, 0) is 55.3 Å².